The van der Waals surface area contributed by atoms with E-state index in [9.17, 15) is 13.2 Å². The zero-order valence-corrected chi connectivity index (χ0v) is 13.7. The molecule has 3 aromatic rings. The maximum Gasteiger partial charge on any atom is 0.416 e. The average Bonchev–Trinajstić information content (AvgIpc) is 3.04. The van der Waals surface area contributed by atoms with Crippen LogP contribution in [0.4, 0.5) is 24.3 Å². The number of rotatable bonds is 5. The molecule has 9 heteroatoms. The molecule has 0 saturated carbocycles. The van der Waals surface area contributed by atoms with E-state index in [0.29, 0.717) is 23.2 Å². The molecule has 1 aromatic carbocycles. The molecule has 0 aliphatic carbocycles. The third kappa shape index (κ3) is 4.52. The van der Waals surface area contributed by atoms with Gasteiger partial charge in [-0.2, -0.15) is 13.2 Å². The average molecular weight is 365 g/mol. The fourth-order valence-electron chi connectivity index (χ4n) is 2.16. The number of thiazole rings is 1. The van der Waals surface area contributed by atoms with Gasteiger partial charge in [0.15, 0.2) is 5.13 Å². The summed E-state index contributed by atoms with van der Waals surface area (Å²) in [5.41, 5.74) is 6.82. The Labute approximate surface area is 145 Å². The molecule has 0 saturated heterocycles. The van der Waals surface area contributed by atoms with Crippen molar-refractivity contribution in [1.82, 2.24) is 15.0 Å². The van der Waals surface area contributed by atoms with E-state index in [1.165, 1.54) is 23.5 Å². The highest BCUT2D eigenvalue weighted by Gasteiger charge is 2.30. The quantitative estimate of drug-likeness (QED) is 0.716. The van der Waals surface area contributed by atoms with Crippen LogP contribution in [0.15, 0.2) is 48.1 Å². The van der Waals surface area contributed by atoms with E-state index in [1.807, 2.05) is 0 Å². The van der Waals surface area contributed by atoms with E-state index >= 15 is 0 Å². The van der Waals surface area contributed by atoms with Crippen molar-refractivity contribution in [3.05, 3.63) is 64.9 Å². The van der Waals surface area contributed by atoms with Crippen molar-refractivity contribution in [1.29, 1.82) is 0 Å². The second kappa shape index (κ2) is 7.16. The molecule has 1 atom stereocenters. The van der Waals surface area contributed by atoms with Crippen LogP contribution >= 0.6 is 11.3 Å². The predicted molar refractivity (Wildman–Crippen MR) is 89.5 cm³/mol. The first-order valence-corrected chi connectivity index (χ1v) is 8.21. The van der Waals surface area contributed by atoms with Gasteiger partial charge in [0.2, 0.25) is 5.95 Å². The second-order valence-electron chi connectivity index (χ2n) is 5.28. The zero-order valence-electron chi connectivity index (χ0n) is 12.9. The molecule has 0 fully saturated rings. The minimum atomic E-state index is -4.34. The molecule has 2 aromatic heterocycles. The number of halogens is 3. The van der Waals surface area contributed by atoms with Gasteiger partial charge < -0.3 is 11.1 Å². The number of benzene rings is 1. The standard InChI is InChI=1S/C16H14F3N5S/c17-16(18,19)11-4-2-10(3-5-11)8-12(20)13-9-25-15(23-13)24-14-21-6-1-7-22-14/h1-7,9,12H,8,20H2,(H,21,22,23,24). The number of nitrogens with zero attached hydrogens (tertiary/aromatic N) is 3. The third-order valence-electron chi connectivity index (χ3n) is 3.42. The lowest BCUT2D eigenvalue weighted by Gasteiger charge is -2.11. The summed E-state index contributed by atoms with van der Waals surface area (Å²) in [6.07, 6.45) is -0.723. The van der Waals surface area contributed by atoms with Crippen LogP contribution < -0.4 is 11.1 Å². The van der Waals surface area contributed by atoms with Crippen molar-refractivity contribution < 1.29 is 13.2 Å². The molecule has 0 radical (unpaired) electrons. The summed E-state index contributed by atoms with van der Waals surface area (Å²) in [6.45, 7) is 0. The SMILES string of the molecule is NC(Cc1ccc(C(F)(F)F)cc1)c1csc(Nc2ncccn2)n1. The Morgan fingerprint density at radius 3 is 2.44 bits per heavy atom. The third-order valence-corrected chi connectivity index (χ3v) is 4.20. The van der Waals surface area contributed by atoms with Crippen molar-refractivity contribution in [2.75, 3.05) is 5.32 Å². The first kappa shape index (κ1) is 17.3. The fourth-order valence-corrected chi connectivity index (χ4v) is 2.93. The van der Waals surface area contributed by atoms with Crippen molar-refractivity contribution in [2.24, 2.45) is 5.73 Å². The highest BCUT2D eigenvalue weighted by atomic mass is 32.1. The Bertz CT molecular complexity index is 818. The van der Waals surface area contributed by atoms with Gasteiger partial charge in [-0.15, -0.1) is 11.3 Å². The molecule has 1 unspecified atom stereocenters. The lowest BCUT2D eigenvalue weighted by atomic mass is 10.0. The summed E-state index contributed by atoms with van der Waals surface area (Å²) in [7, 11) is 0. The van der Waals surface area contributed by atoms with Crippen LogP contribution in [0.25, 0.3) is 0 Å². The molecule has 3 rings (SSSR count). The summed E-state index contributed by atoms with van der Waals surface area (Å²) in [4.78, 5) is 12.5. The van der Waals surface area contributed by atoms with Gasteiger partial charge in [-0.3, -0.25) is 0 Å². The second-order valence-corrected chi connectivity index (χ2v) is 6.14. The molecular formula is C16H14F3N5S. The number of hydrogen-bond donors (Lipinski definition) is 2. The predicted octanol–water partition coefficient (Wildman–Crippen LogP) is 3.94. The number of nitrogens with one attached hydrogen (secondary N) is 1. The molecule has 0 spiro atoms. The molecular weight excluding hydrogens is 351 g/mol. The van der Waals surface area contributed by atoms with E-state index in [0.717, 1.165) is 17.7 Å². The van der Waals surface area contributed by atoms with Gasteiger partial charge in [0, 0.05) is 17.8 Å². The molecule has 130 valence electrons. The van der Waals surface area contributed by atoms with E-state index in [4.69, 9.17) is 5.73 Å². The van der Waals surface area contributed by atoms with Gasteiger partial charge >= 0.3 is 6.18 Å². The number of alkyl halides is 3. The molecule has 3 N–H and O–H groups in total. The lowest BCUT2D eigenvalue weighted by Crippen LogP contribution is -2.14. The zero-order chi connectivity index (χ0) is 17.9. The number of anilines is 2. The Morgan fingerprint density at radius 2 is 1.80 bits per heavy atom. The number of nitrogens with two attached hydrogens (primary N) is 1. The summed E-state index contributed by atoms with van der Waals surface area (Å²) in [5.74, 6) is 0.430. The minimum absolute atomic E-state index is 0.392. The van der Waals surface area contributed by atoms with Gasteiger partial charge in [-0.25, -0.2) is 15.0 Å². The van der Waals surface area contributed by atoms with Crippen molar-refractivity contribution in [3.8, 4) is 0 Å². The molecule has 0 amide bonds. The maximum atomic E-state index is 12.6. The Kier molecular flexibility index (Phi) is 4.95. The Morgan fingerprint density at radius 1 is 1.12 bits per heavy atom. The van der Waals surface area contributed by atoms with Crippen LogP contribution in [0.2, 0.25) is 0 Å². The van der Waals surface area contributed by atoms with Crippen LogP contribution in [0.1, 0.15) is 22.9 Å². The van der Waals surface area contributed by atoms with Crippen molar-refractivity contribution in [2.45, 2.75) is 18.6 Å². The summed E-state index contributed by atoms with van der Waals surface area (Å²) in [5, 5.41) is 5.38. The smallest absolute Gasteiger partial charge is 0.322 e. The van der Waals surface area contributed by atoms with E-state index in [2.05, 4.69) is 20.3 Å². The summed E-state index contributed by atoms with van der Waals surface area (Å²) in [6, 6.07) is 6.28. The molecule has 0 bridgehead atoms. The highest BCUT2D eigenvalue weighted by molar-refractivity contribution is 7.13. The van der Waals surface area contributed by atoms with Gasteiger partial charge in [-0.05, 0) is 30.2 Å². The first-order valence-electron chi connectivity index (χ1n) is 7.33. The molecule has 2 heterocycles. The van der Waals surface area contributed by atoms with Crippen molar-refractivity contribution in [3.63, 3.8) is 0 Å². The Balaban J connectivity index is 1.64. The Hall–Kier alpha value is -2.52. The molecule has 0 aliphatic heterocycles. The highest BCUT2D eigenvalue weighted by Crippen LogP contribution is 2.30. The van der Waals surface area contributed by atoms with Crippen molar-refractivity contribution >= 4 is 22.4 Å². The van der Waals surface area contributed by atoms with Crippen LogP contribution in [0, 0.1) is 0 Å². The van der Waals surface area contributed by atoms with Crippen LogP contribution in [-0.4, -0.2) is 15.0 Å². The fraction of sp³-hybridized carbons (Fsp3) is 0.188. The van der Waals surface area contributed by atoms with Crippen LogP contribution in [0.3, 0.4) is 0 Å². The maximum absolute atomic E-state index is 12.6. The monoisotopic (exact) mass is 365 g/mol. The van der Waals surface area contributed by atoms with Crippen LogP contribution in [0.5, 0.6) is 0 Å². The van der Waals surface area contributed by atoms with Crippen LogP contribution in [-0.2, 0) is 12.6 Å². The number of hydrogen-bond acceptors (Lipinski definition) is 6. The largest absolute Gasteiger partial charge is 0.416 e. The molecule has 0 aliphatic rings. The topological polar surface area (TPSA) is 76.7 Å². The van der Waals surface area contributed by atoms with Gasteiger partial charge in [0.05, 0.1) is 17.3 Å². The first-order chi connectivity index (χ1) is 11.9. The van der Waals surface area contributed by atoms with Gasteiger partial charge in [0.25, 0.3) is 0 Å². The number of aromatic nitrogens is 3. The summed E-state index contributed by atoms with van der Waals surface area (Å²) < 4.78 is 37.7. The van der Waals surface area contributed by atoms with Gasteiger partial charge in [-0.1, -0.05) is 12.1 Å². The molecule has 25 heavy (non-hydrogen) atoms. The van der Waals surface area contributed by atoms with E-state index in [1.54, 1.807) is 23.8 Å². The molecule has 5 nitrogen and oxygen atoms in total. The van der Waals surface area contributed by atoms with E-state index in [-0.39, 0.29) is 0 Å². The minimum Gasteiger partial charge on any atom is -0.322 e. The van der Waals surface area contributed by atoms with Gasteiger partial charge in [0.1, 0.15) is 0 Å². The normalized spacial score (nSPS) is 12.8. The summed E-state index contributed by atoms with van der Waals surface area (Å²) >= 11 is 1.36. The van der Waals surface area contributed by atoms with E-state index < -0.39 is 17.8 Å². The lowest BCUT2D eigenvalue weighted by molar-refractivity contribution is -0.137.